The lowest BCUT2D eigenvalue weighted by Gasteiger charge is -2.25. The molecule has 0 atom stereocenters. The van der Waals surface area contributed by atoms with Crippen LogP contribution in [0.25, 0.3) is 0 Å². The molecular formula is C14H22N2O2. The van der Waals surface area contributed by atoms with Gasteiger partial charge in [-0.3, -0.25) is 4.79 Å². The van der Waals surface area contributed by atoms with Crippen LogP contribution in [0, 0.1) is 5.92 Å². The summed E-state index contributed by atoms with van der Waals surface area (Å²) in [4.78, 5) is 15.7. The highest BCUT2D eigenvalue weighted by molar-refractivity contribution is 5.79. The van der Waals surface area contributed by atoms with E-state index >= 15 is 0 Å². The standard InChI is InChI=1S/C14H22N2O2/c1-3-10-5-7-11(8-6-10)14-15-13(18-16-14)9-12(17)4-2/h10-11H,3-9H2,1-2H3. The molecule has 0 bridgehead atoms. The van der Waals surface area contributed by atoms with E-state index in [0.29, 0.717) is 18.2 Å². The molecule has 0 N–H and O–H groups in total. The third-order valence-electron chi connectivity index (χ3n) is 4.02. The lowest BCUT2D eigenvalue weighted by atomic mass is 9.80. The first-order valence-electron chi connectivity index (χ1n) is 7.07. The van der Waals surface area contributed by atoms with Crippen molar-refractivity contribution in [1.82, 2.24) is 10.1 Å². The summed E-state index contributed by atoms with van der Waals surface area (Å²) in [5, 5.41) is 4.04. The van der Waals surface area contributed by atoms with Gasteiger partial charge in [-0.15, -0.1) is 0 Å². The van der Waals surface area contributed by atoms with Crippen molar-refractivity contribution in [3.05, 3.63) is 11.7 Å². The van der Waals surface area contributed by atoms with Crippen LogP contribution in [0.2, 0.25) is 0 Å². The summed E-state index contributed by atoms with van der Waals surface area (Å²) in [6, 6.07) is 0. The molecule has 0 amide bonds. The number of aromatic nitrogens is 2. The summed E-state index contributed by atoms with van der Waals surface area (Å²) < 4.78 is 5.16. The number of Topliss-reactive ketones (excluding diaryl/α,β-unsaturated/α-hetero) is 1. The van der Waals surface area contributed by atoms with Crippen LogP contribution in [0.4, 0.5) is 0 Å². The Balaban J connectivity index is 1.92. The molecule has 100 valence electrons. The quantitative estimate of drug-likeness (QED) is 0.804. The van der Waals surface area contributed by atoms with Gasteiger partial charge in [0, 0.05) is 12.3 Å². The third kappa shape index (κ3) is 3.18. The normalized spacial score (nSPS) is 24.1. The van der Waals surface area contributed by atoms with E-state index in [-0.39, 0.29) is 12.2 Å². The first-order chi connectivity index (χ1) is 8.72. The van der Waals surface area contributed by atoms with Gasteiger partial charge in [0.1, 0.15) is 5.78 Å². The zero-order chi connectivity index (χ0) is 13.0. The number of carbonyl (C=O) groups excluding carboxylic acids is 1. The molecule has 0 spiro atoms. The molecule has 1 saturated carbocycles. The molecule has 0 aromatic carbocycles. The molecule has 4 heteroatoms. The van der Waals surface area contributed by atoms with Crippen molar-refractivity contribution in [2.75, 3.05) is 0 Å². The molecule has 1 heterocycles. The maximum absolute atomic E-state index is 11.3. The van der Waals surface area contributed by atoms with Crippen LogP contribution in [-0.2, 0) is 11.2 Å². The van der Waals surface area contributed by atoms with E-state index in [9.17, 15) is 4.79 Å². The maximum Gasteiger partial charge on any atom is 0.234 e. The Kier molecular flexibility index (Phi) is 4.50. The molecule has 4 nitrogen and oxygen atoms in total. The summed E-state index contributed by atoms with van der Waals surface area (Å²) in [6.07, 6.45) is 6.92. The van der Waals surface area contributed by atoms with E-state index in [2.05, 4.69) is 17.1 Å². The lowest BCUT2D eigenvalue weighted by Crippen LogP contribution is -2.13. The van der Waals surface area contributed by atoms with E-state index in [1.165, 1.54) is 19.3 Å². The van der Waals surface area contributed by atoms with Crippen LogP contribution in [0.15, 0.2) is 4.52 Å². The fraction of sp³-hybridized carbons (Fsp3) is 0.786. The van der Waals surface area contributed by atoms with Crippen LogP contribution < -0.4 is 0 Å². The Morgan fingerprint density at radius 2 is 2.00 bits per heavy atom. The van der Waals surface area contributed by atoms with Crippen molar-refractivity contribution < 1.29 is 9.32 Å². The van der Waals surface area contributed by atoms with E-state index in [4.69, 9.17) is 4.52 Å². The Morgan fingerprint density at radius 3 is 2.61 bits per heavy atom. The molecule has 0 aliphatic heterocycles. The molecule has 1 fully saturated rings. The van der Waals surface area contributed by atoms with Gasteiger partial charge in [0.2, 0.25) is 5.89 Å². The molecule has 0 radical (unpaired) electrons. The third-order valence-corrected chi connectivity index (χ3v) is 4.02. The second kappa shape index (κ2) is 6.12. The maximum atomic E-state index is 11.3. The number of ketones is 1. The summed E-state index contributed by atoms with van der Waals surface area (Å²) in [5.41, 5.74) is 0. The lowest BCUT2D eigenvalue weighted by molar-refractivity contribution is -0.118. The van der Waals surface area contributed by atoms with Gasteiger partial charge in [-0.25, -0.2) is 0 Å². The van der Waals surface area contributed by atoms with Crippen molar-refractivity contribution in [3.63, 3.8) is 0 Å². The molecule has 0 saturated heterocycles. The zero-order valence-corrected chi connectivity index (χ0v) is 11.3. The van der Waals surface area contributed by atoms with Crippen LogP contribution in [0.1, 0.15) is 70.0 Å². The second-order valence-electron chi connectivity index (χ2n) is 5.24. The van der Waals surface area contributed by atoms with Gasteiger partial charge >= 0.3 is 0 Å². The average Bonchev–Trinajstić information content (AvgIpc) is 2.87. The topological polar surface area (TPSA) is 56.0 Å². The molecule has 1 aromatic rings. The van der Waals surface area contributed by atoms with E-state index < -0.39 is 0 Å². The Hall–Kier alpha value is -1.19. The molecule has 0 unspecified atom stereocenters. The largest absolute Gasteiger partial charge is 0.339 e. The molecule has 18 heavy (non-hydrogen) atoms. The van der Waals surface area contributed by atoms with Crippen LogP contribution >= 0.6 is 0 Å². The minimum Gasteiger partial charge on any atom is -0.339 e. The number of carbonyl (C=O) groups is 1. The van der Waals surface area contributed by atoms with Gasteiger partial charge in [-0.05, 0) is 31.6 Å². The highest BCUT2D eigenvalue weighted by atomic mass is 16.5. The highest BCUT2D eigenvalue weighted by Crippen LogP contribution is 2.35. The van der Waals surface area contributed by atoms with Crippen molar-refractivity contribution in [3.8, 4) is 0 Å². The second-order valence-corrected chi connectivity index (χ2v) is 5.24. The van der Waals surface area contributed by atoms with E-state index in [0.717, 1.165) is 24.6 Å². The van der Waals surface area contributed by atoms with Crippen LogP contribution in [0.5, 0.6) is 0 Å². The number of hydrogen-bond donors (Lipinski definition) is 0. The van der Waals surface area contributed by atoms with E-state index in [1.807, 2.05) is 6.92 Å². The van der Waals surface area contributed by atoms with Crippen LogP contribution in [0.3, 0.4) is 0 Å². The molecule has 1 aliphatic carbocycles. The predicted octanol–water partition coefficient (Wildman–Crippen LogP) is 3.28. The van der Waals surface area contributed by atoms with Crippen molar-refractivity contribution in [1.29, 1.82) is 0 Å². The summed E-state index contributed by atoms with van der Waals surface area (Å²) in [7, 11) is 0. The summed E-state index contributed by atoms with van der Waals surface area (Å²) in [5.74, 6) is 2.74. The molecule has 1 aliphatic rings. The fourth-order valence-corrected chi connectivity index (χ4v) is 2.63. The predicted molar refractivity (Wildman–Crippen MR) is 68.3 cm³/mol. The van der Waals surface area contributed by atoms with Gasteiger partial charge in [-0.1, -0.05) is 25.4 Å². The zero-order valence-electron chi connectivity index (χ0n) is 11.3. The van der Waals surface area contributed by atoms with Gasteiger partial charge in [-0.2, -0.15) is 4.98 Å². The highest BCUT2D eigenvalue weighted by Gasteiger charge is 2.25. The Labute approximate surface area is 108 Å². The summed E-state index contributed by atoms with van der Waals surface area (Å²) >= 11 is 0. The van der Waals surface area contributed by atoms with Crippen LogP contribution in [-0.4, -0.2) is 15.9 Å². The first-order valence-corrected chi connectivity index (χ1v) is 7.07. The molecule has 2 rings (SSSR count). The Bertz CT molecular complexity index is 392. The Morgan fingerprint density at radius 1 is 1.28 bits per heavy atom. The van der Waals surface area contributed by atoms with Gasteiger partial charge in [0.15, 0.2) is 5.82 Å². The van der Waals surface area contributed by atoms with Crippen molar-refractivity contribution in [2.45, 2.75) is 64.7 Å². The average molecular weight is 250 g/mol. The minimum absolute atomic E-state index is 0.153. The van der Waals surface area contributed by atoms with Gasteiger partial charge in [0.05, 0.1) is 6.42 Å². The van der Waals surface area contributed by atoms with Crippen molar-refractivity contribution in [2.24, 2.45) is 5.92 Å². The minimum atomic E-state index is 0.153. The number of nitrogens with zero attached hydrogens (tertiary/aromatic N) is 2. The van der Waals surface area contributed by atoms with Gasteiger partial charge in [0.25, 0.3) is 0 Å². The van der Waals surface area contributed by atoms with Gasteiger partial charge < -0.3 is 4.52 Å². The number of rotatable bonds is 5. The number of hydrogen-bond acceptors (Lipinski definition) is 4. The van der Waals surface area contributed by atoms with E-state index in [1.54, 1.807) is 0 Å². The monoisotopic (exact) mass is 250 g/mol. The SMILES string of the molecule is CCC(=O)Cc1nc(C2CCC(CC)CC2)no1. The fourth-order valence-electron chi connectivity index (χ4n) is 2.63. The van der Waals surface area contributed by atoms with Crippen molar-refractivity contribution >= 4 is 5.78 Å². The molecule has 1 aromatic heterocycles. The smallest absolute Gasteiger partial charge is 0.234 e. The summed E-state index contributed by atoms with van der Waals surface area (Å²) in [6.45, 7) is 4.11. The first kappa shape index (κ1) is 13.2. The molecular weight excluding hydrogens is 228 g/mol.